The van der Waals surface area contributed by atoms with E-state index < -0.39 is 0 Å². The second kappa shape index (κ2) is 7.60. The molecule has 0 radical (unpaired) electrons. The molecule has 27 heavy (non-hydrogen) atoms. The third kappa shape index (κ3) is 3.64. The SMILES string of the molecule is CN1CCN(c2cnn(-c3ccccc3N)c(=O)c2OC2CCCC2)CC1. The van der Waals surface area contributed by atoms with Crippen LogP contribution in [0.25, 0.3) is 5.69 Å². The number of hydrogen-bond acceptors (Lipinski definition) is 6. The molecule has 1 aromatic heterocycles. The molecular formula is C20H27N5O2. The maximum absolute atomic E-state index is 13.3. The van der Waals surface area contributed by atoms with Gasteiger partial charge in [-0.1, -0.05) is 12.1 Å². The van der Waals surface area contributed by atoms with Crippen molar-refractivity contribution in [1.82, 2.24) is 14.7 Å². The van der Waals surface area contributed by atoms with Crippen molar-refractivity contribution in [3.05, 3.63) is 40.8 Å². The monoisotopic (exact) mass is 369 g/mol. The van der Waals surface area contributed by atoms with Gasteiger partial charge in [0.1, 0.15) is 5.69 Å². The Bertz CT molecular complexity index is 852. The van der Waals surface area contributed by atoms with Crippen LogP contribution in [0.3, 0.4) is 0 Å². The van der Waals surface area contributed by atoms with Crippen LogP contribution >= 0.6 is 0 Å². The first-order valence-electron chi connectivity index (χ1n) is 9.71. The normalized spacial score (nSPS) is 18.8. The standard InChI is InChI=1S/C20H27N5O2/c1-23-10-12-24(13-11-23)18-14-22-25(17-9-5-4-8-16(17)21)20(26)19(18)27-15-6-2-3-7-15/h4-5,8-9,14-15H,2-3,6-7,10-13,21H2,1H3. The molecule has 1 aromatic carbocycles. The number of anilines is 2. The van der Waals surface area contributed by atoms with Crippen molar-refractivity contribution < 1.29 is 4.74 Å². The Morgan fingerprint density at radius 2 is 1.78 bits per heavy atom. The van der Waals surface area contributed by atoms with E-state index in [1.807, 2.05) is 12.1 Å². The Hall–Kier alpha value is -2.54. The van der Waals surface area contributed by atoms with Crippen LogP contribution in [0.4, 0.5) is 11.4 Å². The third-order valence-corrected chi connectivity index (χ3v) is 5.51. The van der Waals surface area contributed by atoms with Gasteiger partial charge in [-0.3, -0.25) is 4.79 Å². The lowest BCUT2D eigenvalue weighted by molar-refractivity contribution is 0.205. The first-order chi connectivity index (χ1) is 13.1. The number of benzene rings is 1. The summed E-state index contributed by atoms with van der Waals surface area (Å²) in [4.78, 5) is 17.8. The van der Waals surface area contributed by atoms with Crippen LogP contribution < -0.4 is 20.9 Å². The lowest BCUT2D eigenvalue weighted by atomic mass is 10.2. The Morgan fingerprint density at radius 1 is 1.07 bits per heavy atom. The Kier molecular flexibility index (Phi) is 5.03. The maximum Gasteiger partial charge on any atom is 0.316 e. The summed E-state index contributed by atoms with van der Waals surface area (Å²) in [6, 6.07) is 7.28. The maximum atomic E-state index is 13.3. The fourth-order valence-electron chi connectivity index (χ4n) is 3.84. The molecule has 1 saturated carbocycles. The summed E-state index contributed by atoms with van der Waals surface area (Å²) in [5, 5.41) is 4.43. The van der Waals surface area contributed by atoms with Crippen LogP contribution in [0.2, 0.25) is 0 Å². The van der Waals surface area contributed by atoms with Crippen LogP contribution in [0, 0.1) is 0 Å². The molecule has 144 valence electrons. The number of likely N-dealkylation sites (N-methyl/N-ethyl adjacent to an activating group) is 1. The van der Waals surface area contributed by atoms with Crippen LogP contribution in [0.15, 0.2) is 35.3 Å². The smallest absolute Gasteiger partial charge is 0.316 e. The van der Waals surface area contributed by atoms with Crippen molar-refractivity contribution in [2.24, 2.45) is 0 Å². The van der Waals surface area contributed by atoms with Gasteiger partial charge in [-0.15, -0.1) is 0 Å². The van der Waals surface area contributed by atoms with Gasteiger partial charge >= 0.3 is 5.56 Å². The summed E-state index contributed by atoms with van der Waals surface area (Å²) in [6.07, 6.45) is 6.16. The van der Waals surface area contributed by atoms with Crippen molar-refractivity contribution >= 4 is 11.4 Å². The fourth-order valence-corrected chi connectivity index (χ4v) is 3.84. The van der Waals surface area contributed by atoms with Gasteiger partial charge in [-0.2, -0.15) is 9.78 Å². The molecule has 7 nitrogen and oxygen atoms in total. The van der Waals surface area contributed by atoms with Gasteiger partial charge in [0, 0.05) is 26.2 Å². The summed E-state index contributed by atoms with van der Waals surface area (Å²) in [5.41, 5.74) is 7.74. The molecule has 1 aliphatic carbocycles. The molecule has 4 rings (SSSR count). The number of aromatic nitrogens is 2. The number of piperazine rings is 1. The number of ether oxygens (including phenoxy) is 1. The van der Waals surface area contributed by atoms with Crippen LogP contribution in [-0.4, -0.2) is 54.0 Å². The minimum atomic E-state index is -0.240. The summed E-state index contributed by atoms with van der Waals surface area (Å²) in [6.45, 7) is 3.63. The predicted octanol–water partition coefficient (Wildman–Crippen LogP) is 1.89. The topological polar surface area (TPSA) is 76.6 Å². The van der Waals surface area contributed by atoms with Crippen molar-refractivity contribution in [1.29, 1.82) is 0 Å². The molecule has 7 heteroatoms. The van der Waals surface area contributed by atoms with E-state index in [4.69, 9.17) is 10.5 Å². The van der Waals surface area contributed by atoms with Crippen molar-refractivity contribution in [3.8, 4) is 11.4 Å². The number of nitrogens with two attached hydrogens (primary N) is 1. The van der Waals surface area contributed by atoms with Gasteiger partial charge < -0.3 is 20.3 Å². The summed E-state index contributed by atoms with van der Waals surface area (Å²) < 4.78 is 7.61. The highest BCUT2D eigenvalue weighted by Crippen LogP contribution is 2.30. The fraction of sp³-hybridized carbons (Fsp3) is 0.500. The molecule has 0 bridgehead atoms. The van der Waals surface area contributed by atoms with Crippen LogP contribution in [0.5, 0.6) is 5.75 Å². The molecule has 1 aliphatic heterocycles. The van der Waals surface area contributed by atoms with Crippen molar-refractivity contribution in [2.45, 2.75) is 31.8 Å². The van der Waals surface area contributed by atoms with E-state index >= 15 is 0 Å². The van der Waals surface area contributed by atoms with Gasteiger partial charge in [0.05, 0.1) is 23.7 Å². The van der Waals surface area contributed by atoms with Crippen LogP contribution in [-0.2, 0) is 0 Å². The minimum absolute atomic E-state index is 0.105. The predicted molar refractivity (Wildman–Crippen MR) is 107 cm³/mol. The number of nitrogens with zero attached hydrogens (tertiary/aromatic N) is 4. The van der Waals surface area contributed by atoms with E-state index in [0.29, 0.717) is 17.1 Å². The Labute approximate surface area is 159 Å². The molecule has 0 spiro atoms. The number of nitrogen functional groups attached to an aromatic ring is 1. The highest BCUT2D eigenvalue weighted by atomic mass is 16.5. The molecule has 2 aliphatic rings. The summed E-state index contributed by atoms with van der Waals surface area (Å²) in [5.74, 6) is 0.407. The second-order valence-electron chi connectivity index (χ2n) is 7.45. The largest absolute Gasteiger partial charge is 0.483 e. The quantitative estimate of drug-likeness (QED) is 0.830. The van der Waals surface area contributed by atoms with E-state index in [1.165, 1.54) is 4.68 Å². The first kappa shape index (κ1) is 17.9. The van der Waals surface area contributed by atoms with Crippen molar-refractivity contribution in [3.63, 3.8) is 0 Å². The molecule has 2 fully saturated rings. The molecule has 2 aromatic rings. The summed E-state index contributed by atoms with van der Waals surface area (Å²) >= 11 is 0. The zero-order valence-electron chi connectivity index (χ0n) is 15.8. The van der Waals surface area contributed by atoms with E-state index in [9.17, 15) is 4.79 Å². The molecule has 0 amide bonds. The summed E-state index contributed by atoms with van der Waals surface area (Å²) in [7, 11) is 2.11. The average molecular weight is 369 g/mol. The number of hydrogen-bond donors (Lipinski definition) is 1. The van der Waals surface area contributed by atoms with Gasteiger partial charge in [-0.05, 0) is 44.9 Å². The molecule has 1 saturated heterocycles. The van der Waals surface area contributed by atoms with Gasteiger partial charge in [0.15, 0.2) is 0 Å². The molecule has 0 unspecified atom stereocenters. The number of rotatable bonds is 4. The van der Waals surface area contributed by atoms with E-state index in [0.717, 1.165) is 57.5 Å². The Morgan fingerprint density at radius 3 is 2.48 bits per heavy atom. The zero-order chi connectivity index (χ0) is 18.8. The zero-order valence-corrected chi connectivity index (χ0v) is 15.8. The molecular weight excluding hydrogens is 342 g/mol. The first-order valence-corrected chi connectivity index (χ1v) is 9.71. The van der Waals surface area contributed by atoms with Gasteiger partial charge in [0.2, 0.25) is 5.75 Å². The Balaban J connectivity index is 1.75. The highest BCUT2D eigenvalue weighted by molar-refractivity contribution is 5.60. The van der Waals surface area contributed by atoms with E-state index in [-0.39, 0.29) is 11.7 Å². The number of para-hydroxylation sites is 2. The molecule has 2 N–H and O–H groups in total. The molecule has 2 heterocycles. The van der Waals surface area contributed by atoms with E-state index in [2.05, 4.69) is 21.9 Å². The van der Waals surface area contributed by atoms with Crippen LogP contribution in [0.1, 0.15) is 25.7 Å². The molecule has 0 atom stereocenters. The lowest BCUT2D eigenvalue weighted by Crippen LogP contribution is -2.45. The third-order valence-electron chi connectivity index (χ3n) is 5.51. The highest BCUT2D eigenvalue weighted by Gasteiger charge is 2.26. The van der Waals surface area contributed by atoms with E-state index in [1.54, 1.807) is 18.3 Å². The van der Waals surface area contributed by atoms with Crippen molar-refractivity contribution in [2.75, 3.05) is 43.9 Å². The van der Waals surface area contributed by atoms with Gasteiger partial charge in [0.25, 0.3) is 0 Å². The van der Waals surface area contributed by atoms with Gasteiger partial charge in [-0.25, -0.2) is 0 Å². The lowest BCUT2D eigenvalue weighted by Gasteiger charge is -2.34. The minimum Gasteiger partial charge on any atom is -0.483 e. The average Bonchev–Trinajstić information content (AvgIpc) is 3.18. The second-order valence-corrected chi connectivity index (χ2v) is 7.45.